The highest BCUT2D eigenvalue weighted by molar-refractivity contribution is 5.77. The highest BCUT2D eigenvalue weighted by Crippen LogP contribution is 2.17. The maximum Gasteiger partial charge on any atom is 0.260 e. The molecule has 0 radical (unpaired) electrons. The van der Waals surface area contributed by atoms with Gasteiger partial charge in [-0.3, -0.25) is 9.78 Å². The summed E-state index contributed by atoms with van der Waals surface area (Å²) in [6.07, 6.45) is 1.07. The topological polar surface area (TPSA) is 54.5 Å². The number of nitrogens with zero attached hydrogens (tertiary/aromatic N) is 2. The number of likely N-dealkylation sites (N-methyl/N-ethyl adjacent to an activating group) is 1. The average molecular weight is 279 g/mol. The van der Waals surface area contributed by atoms with Crippen molar-refractivity contribution in [1.82, 2.24) is 15.2 Å². The van der Waals surface area contributed by atoms with Crippen molar-refractivity contribution in [3.8, 4) is 5.75 Å². The quantitative estimate of drug-likeness (QED) is 0.737. The average Bonchev–Trinajstić information content (AvgIpc) is 2.45. The molecule has 0 aliphatic rings. The van der Waals surface area contributed by atoms with Gasteiger partial charge in [-0.25, -0.2) is 0 Å². The van der Waals surface area contributed by atoms with Gasteiger partial charge in [0.1, 0.15) is 5.75 Å². The molecule has 1 heterocycles. The van der Waals surface area contributed by atoms with Crippen LogP contribution in [-0.4, -0.2) is 42.5 Å². The molecule has 1 amide bonds. The standard InChI is InChI=1S/C15H25N3O2/c1-5-9-16-10-13-14(8-7-12(3)17-13)20-11-15(19)18(4)6-2/h7-8,16H,5-6,9-11H2,1-4H3. The number of ether oxygens (including phenoxy) is 1. The minimum atomic E-state index is -0.0273. The fourth-order valence-corrected chi connectivity index (χ4v) is 1.67. The summed E-state index contributed by atoms with van der Waals surface area (Å²) in [6, 6.07) is 3.77. The summed E-state index contributed by atoms with van der Waals surface area (Å²) in [5, 5.41) is 3.30. The Morgan fingerprint density at radius 2 is 2.15 bits per heavy atom. The van der Waals surface area contributed by atoms with Gasteiger partial charge in [0, 0.05) is 25.8 Å². The third-order valence-corrected chi connectivity index (χ3v) is 3.04. The van der Waals surface area contributed by atoms with Crippen molar-refractivity contribution in [3.63, 3.8) is 0 Å². The van der Waals surface area contributed by atoms with Crippen molar-refractivity contribution in [2.45, 2.75) is 33.7 Å². The van der Waals surface area contributed by atoms with Gasteiger partial charge in [0.15, 0.2) is 6.61 Å². The molecule has 0 aliphatic carbocycles. The zero-order valence-corrected chi connectivity index (χ0v) is 12.9. The summed E-state index contributed by atoms with van der Waals surface area (Å²) in [7, 11) is 1.77. The first-order chi connectivity index (χ1) is 9.58. The van der Waals surface area contributed by atoms with E-state index in [2.05, 4.69) is 17.2 Å². The summed E-state index contributed by atoms with van der Waals surface area (Å²) < 4.78 is 5.61. The monoisotopic (exact) mass is 279 g/mol. The van der Waals surface area contributed by atoms with E-state index in [1.165, 1.54) is 0 Å². The van der Waals surface area contributed by atoms with Crippen LogP contribution in [0.1, 0.15) is 31.7 Å². The summed E-state index contributed by atoms with van der Waals surface area (Å²) in [5.41, 5.74) is 1.80. The molecule has 1 aromatic heterocycles. The molecule has 0 unspecified atom stereocenters. The first-order valence-electron chi connectivity index (χ1n) is 7.12. The zero-order valence-electron chi connectivity index (χ0n) is 12.9. The predicted octanol–water partition coefficient (Wildman–Crippen LogP) is 1.75. The Morgan fingerprint density at radius 3 is 2.80 bits per heavy atom. The molecule has 112 valence electrons. The highest BCUT2D eigenvalue weighted by Gasteiger charge is 2.10. The molecule has 5 heteroatoms. The Hall–Kier alpha value is -1.62. The van der Waals surface area contributed by atoms with Crippen LogP contribution in [0.3, 0.4) is 0 Å². The van der Waals surface area contributed by atoms with Crippen LogP contribution in [0.15, 0.2) is 12.1 Å². The lowest BCUT2D eigenvalue weighted by molar-refractivity contribution is -0.131. The third kappa shape index (κ3) is 5.17. The third-order valence-electron chi connectivity index (χ3n) is 3.04. The molecule has 20 heavy (non-hydrogen) atoms. The van der Waals surface area contributed by atoms with Gasteiger partial charge in [-0.05, 0) is 38.9 Å². The summed E-state index contributed by atoms with van der Waals surface area (Å²) in [6.45, 7) is 8.33. The first kappa shape index (κ1) is 16.4. The Balaban J connectivity index is 2.66. The lowest BCUT2D eigenvalue weighted by atomic mass is 10.2. The second-order valence-electron chi connectivity index (χ2n) is 4.77. The number of carbonyl (C=O) groups is 1. The Labute approximate surface area is 121 Å². The number of pyridine rings is 1. The van der Waals surface area contributed by atoms with Gasteiger partial charge >= 0.3 is 0 Å². The van der Waals surface area contributed by atoms with Crippen molar-refractivity contribution >= 4 is 5.91 Å². The molecule has 1 aromatic rings. The van der Waals surface area contributed by atoms with E-state index in [0.29, 0.717) is 18.8 Å². The van der Waals surface area contributed by atoms with Crippen molar-refractivity contribution in [3.05, 3.63) is 23.5 Å². The first-order valence-corrected chi connectivity index (χ1v) is 7.12. The van der Waals surface area contributed by atoms with Crippen LogP contribution >= 0.6 is 0 Å². The lowest BCUT2D eigenvalue weighted by Crippen LogP contribution is -2.31. The highest BCUT2D eigenvalue weighted by atomic mass is 16.5. The second-order valence-corrected chi connectivity index (χ2v) is 4.77. The van der Waals surface area contributed by atoms with E-state index in [9.17, 15) is 4.79 Å². The van der Waals surface area contributed by atoms with Gasteiger partial charge in [-0.2, -0.15) is 0 Å². The van der Waals surface area contributed by atoms with Crippen LogP contribution in [0, 0.1) is 6.92 Å². The SMILES string of the molecule is CCCNCc1nc(C)ccc1OCC(=O)N(C)CC. The van der Waals surface area contributed by atoms with Crippen LogP contribution in [0.5, 0.6) is 5.75 Å². The molecule has 0 aliphatic heterocycles. The molecule has 0 saturated heterocycles. The molecule has 0 saturated carbocycles. The summed E-state index contributed by atoms with van der Waals surface area (Å²) in [4.78, 5) is 17.9. The molecule has 0 aromatic carbocycles. The normalized spacial score (nSPS) is 10.4. The van der Waals surface area contributed by atoms with Gasteiger partial charge < -0.3 is 15.0 Å². The van der Waals surface area contributed by atoms with E-state index < -0.39 is 0 Å². The van der Waals surface area contributed by atoms with Crippen LogP contribution < -0.4 is 10.1 Å². The fraction of sp³-hybridized carbons (Fsp3) is 0.600. The lowest BCUT2D eigenvalue weighted by Gasteiger charge is -2.16. The fourth-order valence-electron chi connectivity index (χ4n) is 1.67. The van der Waals surface area contributed by atoms with Gasteiger partial charge in [0.25, 0.3) is 5.91 Å². The van der Waals surface area contributed by atoms with E-state index >= 15 is 0 Å². The van der Waals surface area contributed by atoms with Crippen LogP contribution in [0.2, 0.25) is 0 Å². The number of hydrogen-bond donors (Lipinski definition) is 1. The second kappa shape index (κ2) is 8.53. The molecular weight excluding hydrogens is 254 g/mol. The molecular formula is C15H25N3O2. The number of aryl methyl sites for hydroxylation is 1. The molecule has 0 bridgehead atoms. The van der Waals surface area contributed by atoms with Crippen molar-refractivity contribution in [2.75, 3.05) is 26.7 Å². The predicted molar refractivity (Wildman–Crippen MR) is 79.8 cm³/mol. The summed E-state index contributed by atoms with van der Waals surface area (Å²) >= 11 is 0. The van der Waals surface area contributed by atoms with Crippen molar-refractivity contribution in [1.29, 1.82) is 0 Å². The van der Waals surface area contributed by atoms with E-state index in [-0.39, 0.29) is 12.5 Å². The van der Waals surface area contributed by atoms with Crippen molar-refractivity contribution < 1.29 is 9.53 Å². The number of nitrogens with one attached hydrogen (secondary N) is 1. The Morgan fingerprint density at radius 1 is 1.40 bits per heavy atom. The maximum absolute atomic E-state index is 11.8. The molecule has 1 N–H and O–H groups in total. The number of hydrogen-bond acceptors (Lipinski definition) is 4. The van der Waals surface area contributed by atoms with Gasteiger partial charge in [0.2, 0.25) is 0 Å². The van der Waals surface area contributed by atoms with Crippen molar-refractivity contribution in [2.24, 2.45) is 0 Å². The van der Waals surface area contributed by atoms with Gasteiger partial charge in [-0.15, -0.1) is 0 Å². The molecule has 5 nitrogen and oxygen atoms in total. The van der Waals surface area contributed by atoms with E-state index in [1.807, 2.05) is 26.0 Å². The zero-order chi connectivity index (χ0) is 15.0. The summed E-state index contributed by atoms with van der Waals surface area (Å²) in [5.74, 6) is 0.651. The van der Waals surface area contributed by atoms with Gasteiger partial charge in [-0.1, -0.05) is 6.92 Å². The smallest absolute Gasteiger partial charge is 0.260 e. The molecule has 0 fully saturated rings. The van der Waals surface area contributed by atoms with Crippen LogP contribution in [0.25, 0.3) is 0 Å². The Bertz CT molecular complexity index is 435. The van der Waals surface area contributed by atoms with Gasteiger partial charge in [0.05, 0.1) is 5.69 Å². The minimum absolute atomic E-state index is 0.0273. The Kier molecular flexibility index (Phi) is 7.01. The van der Waals surface area contributed by atoms with Crippen LogP contribution in [-0.2, 0) is 11.3 Å². The maximum atomic E-state index is 11.8. The van der Waals surface area contributed by atoms with Crippen LogP contribution in [0.4, 0.5) is 0 Å². The largest absolute Gasteiger partial charge is 0.482 e. The number of aromatic nitrogens is 1. The number of amides is 1. The minimum Gasteiger partial charge on any atom is -0.482 e. The van der Waals surface area contributed by atoms with E-state index in [1.54, 1.807) is 11.9 Å². The molecule has 1 rings (SSSR count). The molecule has 0 atom stereocenters. The number of carbonyl (C=O) groups excluding carboxylic acids is 1. The van der Waals surface area contributed by atoms with E-state index in [4.69, 9.17) is 4.74 Å². The number of rotatable bonds is 8. The molecule has 0 spiro atoms. The van der Waals surface area contributed by atoms with E-state index in [0.717, 1.165) is 24.4 Å².